The van der Waals surface area contributed by atoms with E-state index in [0.717, 1.165) is 12.1 Å². The number of nitrogens with zero attached hydrogens (tertiary/aromatic N) is 1. The van der Waals surface area contributed by atoms with Gasteiger partial charge in [0.15, 0.2) is 0 Å². The van der Waals surface area contributed by atoms with Crippen molar-refractivity contribution in [3.8, 4) is 22.3 Å². The molecule has 0 N–H and O–H groups in total. The van der Waals surface area contributed by atoms with E-state index >= 15 is 0 Å². The van der Waals surface area contributed by atoms with Crippen molar-refractivity contribution in [3.63, 3.8) is 0 Å². The van der Waals surface area contributed by atoms with E-state index in [1.807, 2.05) is 32.2 Å². The first-order chi connectivity index (χ1) is 17.4. The van der Waals surface area contributed by atoms with Gasteiger partial charge in [-0.15, -0.1) is 0 Å². The molecule has 0 spiro atoms. The van der Waals surface area contributed by atoms with Crippen molar-refractivity contribution in [2.45, 2.75) is 20.3 Å². The number of hydrogen-bond donors (Lipinski definition) is 0. The Bertz CT molecular complexity index is 1490. The van der Waals surface area contributed by atoms with Crippen LogP contribution >= 0.6 is 0 Å². The quantitative estimate of drug-likeness (QED) is 0.243. The molecule has 0 saturated carbocycles. The van der Waals surface area contributed by atoms with Crippen molar-refractivity contribution in [1.29, 1.82) is 0 Å². The Kier molecular flexibility index (Phi) is 6.68. The Morgan fingerprint density at radius 2 is 0.914 bits per heavy atom. The topological polar surface area (TPSA) is 12.9 Å². The van der Waals surface area contributed by atoms with Crippen LogP contribution in [0.2, 0.25) is 0 Å². The summed E-state index contributed by atoms with van der Waals surface area (Å²) in [5.74, 6) is 0. The van der Waals surface area contributed by atoms with E-state index in [2.05, 4.69) is 114 Å². The van der Waals surface area contributed by atoms with Gasteiger partial charge in [0.25, 0.3) is 0 Å². The summed E-state index contributed by atoms with van der Waals surface area (Å²) in [5.41, 5.74) is 7.46. The van der Waals surface area contributed by atoms with Gasteiger partial charge in [-0.25, -0.2) is 0 Å². The van der Waals surface area contributed by atoms with E-state index in [-0.39, 0.29) is 0 Å². The number of fused-ring (bicyclic) bond motifs is 2. The molecule has 6 aromatic rings. The summed E-state index contributed by atoms with van der Waals surface area (Å²) in [5, 5.41) is 5.14. The fraction of sp³-hybridized carbons (Fsp3) is 0.0882. The van der Waals surface area contributed by atoms with Crippen LogP contribution in [0.1, 0.15) is 25.1 Å². The first-order valence-corrected chi connectivity index (χ1v) is 12.4. The maximum atomic E-state index is 4.47. The molecule has 6 rings (SSSR count). The summed E-state index contributed by atoms with van der Waals surface area (Å²) in [4.78, 5) is 4.47. The van der Waals surface area contributed by atoms with Crippen LogP contribution in [0.25, 0.3) is 43.8 Å². The van der Waals surface area contributed by atoms with Gasteiger partial charge >= 0.3 is 0 Å². The molecule has 5 aromatic carbocycles. The average molecular weight is 452 g/mol. The summed E-state index contributed by atoms with van der Waals surface area (Å²) in [6.07, 6.45) is 2.70. The second kappa shape index (κ2) is 10.4. The third-order valence-electron chi connectivity index (χ3n) is 6.35. The molecule has 0 bridgehead atoms. The van der Waals surface area contributed by atoms with Crippen molar-refractivity contribution in [3.05, 3.63) is 139 Å². The second-order valence-corrected chi connectivity index (χ2v) is 8.40. The molecular weight excluding hydrogens is 422 g/mol. The minimum Gasteiger partial charge on any atom is -0.261 e. The molecule has 1 heterocycles. The van der Waals surface area contributed by atoms with Gasteiger partial charge < -0.3 is 0 Å². The maximum Gasteiger partial charge on any atom is 0.0447 e. The highest BCUT2D eigenvalue weighted by atomic mass is 14.7. The van der Waals surface area contributed by atoms with Gasteiger partial charge in [-0.2, -0.15) is 0 Å². The Hall–Kier alpha value is -4.23. The molecule has 0 aliphatic carbocycles. The molecule has 35 heavy (non-hydrogen) atoms. The van der Waals surface area contributed by atoms with E-state index in [0.29, 0.717) is 0 Å². The molecular formula is C34H29N. The minimum absolute atomic E-state index is 0.843. The van der Waals surface area contributed by atoms with Crippen LogP contribution in [0, 0.1) is 0 Å². The predicted octanol–water partition coefficient (Wildman–Crippen LogP) is 9.34. The lowest BCUT2D eigenvalue weighted by atomic mass is 9.86. The Balaban J connectivity index is 0.00000124. The highest BCUT2D eigenvalue weighted by molar-refractivity contribution is 6.21. The summed E-state index contributed by atoms with van der Waals surface area (Å²) < 4.78 is 0. The molecule has 0 aliphatic heterocycles. The molecule has 0 unspecified atom stereocenters. The average Bonchev–Trinajstić information content (AvgIpc) is 2.94. The van der Waals surface area contributed by atoms with Crippen molar-refractivity contribution >= 4 is 21.5 Å². The number of pyridine rings is 1. The summed E-state index contributed by atoms with van der Waals surface area (Å²) in [6, 6.07) is 43.4. The summed E-state index contributed by atoms with van der Waals surface area (Å²) >= 11 is 0. The predicted molar refractivity (Wildman–Crippen MR) is 151 cm³/mol. The van der Waals surface area contributed by atoms with Crippen molar-refractivity contribution < 1.29 is 0 Å². The van der Waals surface area contributed by atoms with Crippen LogP contribution in [0.5, 0.6) is 0 Å². The Morgan fingerprint density at radius 3 is 1.40 bits per heavy atom. The normalized spacial score (nSPS) is 10.7. The zero-order chi connectivity index (χ0) is 24.0. The van der Waals surface area contributed by atoms with Crippen molar-refractivity contribution in [1.82, 2.24) is 4.98 Å². The maximum absolute atomic E-state index is 4.47. The molecule has 170 valence electrons. The van der Waals surface area contributed by atoms with Gasteiger partial charge in [0, 0.05) is 18.3 Å². The summed E-state index contributed by atoms with van der Waals surface area (Å²) in [6.45, 7) is 4.00. The van der Waals surface area contributed by atoms with Crippen LogP contribution in [0.3, 0.4) is 0 Å². The van der Waals surface area contributed by atoms with Gasteiger partial charge in [-0.05, 0) is 61.5 Å². The number of aromatic nitrogens is 1. The zero-order valence-electron chi connectivity index (χ0n) is 20.3. The minimum atomic E-state index is 0.843. The monoisotopic (exact) mass is 451 g/mol. The van der Waals surface area contributed by atoms with Crippen molar-refractivity contribution in [2.24, 2.45) is 0 Å². The van der Waals surface area contributed by atoms with Crippen molar-refractivity contribution in [2.75, 3.05) is 0 Å². The van der Waals surface area contributed by atoms with Crippen LogP contribution in [0.15, 0.2) is 128 Å². The molecule has 1 nitrogen and oxygen atoms in total. The smallest absolute Gasteiger partial charge is 0.0447 e. The first kappa shape index (κ1) is 22.6. The largest absolute Gasteiger partial charge is 0.261 e. The fourth-order valence-electron chi connectivity index (χ4n) is 4.86. The lowest BCUT2D eigenvalue weighted by Gasteiger charge is -2.17. The molecule has 0 radical (unpaired) electrons. The highest BCUT2D eigenvalue weighted by Crippen LogP contribution is 2.43. The van der Waals surface area contributed by atoms with Gasteiger partial charge in [-0.1, -0.05) is 123 Å². The number of benzene rings is 5. The molecule has 0 amide bonds. The third kappa shape index (κ3) is 4.46. The molecule has 1 heteroatoms. The van der Waals surface area contributed by atoms with Gasteiger partial charge in [0.05, 0.1) is 0 Å². The van der Waals surface area contributed by atoms with Gasteiger partial charge in [0.1, 0.15) is 0 Å². The highest BCUT2D eigenvalue weighted by Gasteiger charge is 2.16. The van der Waals surface area contributed by atoms with Crippen LogP contribution in [-0.2, 0) is 6.42 Å². The second-order valence-electron chi connectivity index (χ2n) is 8.40. The van der Waals surface area contributed by atoms with E-state index in [1.165, 1.54) is 49.4 Å². The summed E-state index contributed by atoms with van der Waals surface area (Å²) in [7, 11) is 0. The fourth-order valence-corrected chi connectivity index (χ4v) is 4.86. The van der Waals surface area contributed by atoms with Crippen LogP contribution < -0.4 is 0 Å². The van der Waals surface area contributed by atoms with E-state index in [9.17, 15) is 0 Å². The zero-order valence-corrected chi connectivity index (χ0v) is 20.3. The molecule has 1 aromatic heterocycles. The van der Waals surface area contributed by atoms with Crippen LogP contribution in [0.4, 0.5) is 0 Å². The lowest BCUT2D eigenvalue weighted by Crippen LogP contribution is -1.93. The Morgan fingerprint density at radius 1 is 0.457 bits per heavy atom. The standard InChI is InChI=1S/C32H23N.C2H6/c1-2-10-24(11-3-1)31-27-13-4-6-15-29(27)32(30-16-7-5-14-28(30)31)25-19-17-23(18-20-25)22-26-12-8-9-21-33-26;1-2/h1-21H,22H2;1-2H3. The number of rotatable bonds is 4. The van der Waals surface area contributed by atoms with Gasteiger partial charge in [-0.3, -0.25) is 4.98 Å². The van der Waals surface area contributed by atoms with Crippen LogP contribution in [-0.4, -0.2) is 4.98 Å². The lowest BCUT2D eigenvalue weighted by molar-refractivity contribution is 1.07. The molecule has 0 saturated heterocycles. The number of hydrogen-bond acceptors (Lipinski definition) is 1. The van der Waals surface area contributed by atoms with E-state index in [4.69, 9.17) is 0 Å². The van der Waals surface area contributed by atoms with E-state index < -0.39 is 0 Å². The third-order valence-corrected chi connectivity index (χ3v) is 6.35. The first-order valence-electron chi connectivity index (χ1n) is 12.4. The molecule has 0 fully saturated rings. The molecule has 0 aliphatic rings. The van der Waals surface area contributed by atoms with Gasteiger partial charge in [0.2, 0.25) is 0 Å². The van der Waals surface area contributed by atoms with E-state index in [1.54, 1.807) is 0 Å². The SMILES string of the molecule is CC.c1ccc(-c2c3ccccc3c(-c3ccc(Cc4ccccn4)cc3)c3ccccc23)cc1. The molecule has 0 atom stereocenters. The Labute approximate surface area is 207 Å².